The van der Waals surface area contributed by atoms with E-state index in [2.05, 4.69) is 16.0 Å². The van der Waals surface area contributed by atoms with Crippen molar-refractivity contribution in [3.05, 3.63) is 76.8 Å². The molecule has 1 aliphatic carbocycles. The average molecular weight is 631 g/mol. The number of para-hydroxylation sites is 2. The van der Waals surface area contributed by atoms with E-state index < -0.39 is 5.97 Å². The fraction of sp³-hybridized carbons (Fsp3) is 0.353. The lowest BCUT2D eigenvalue weighted by Crippen LogP contribution is -2.45. The van der Waals surface area contributed by atoms with Crippen LogP contribution in [0.25, 0.3) is 11.0 Å². The van der Waals surface area contributed by atoms with Gasteiger partial charge in [0, 0.05) is 62.9 Å². The van der Waals surface area contributed by atoms with Gasteiger partial charge in [0.2, 0.25) is 5.91 Å². The molecule has 1 saturated carbocycles. The number of halogens is 1. The van der Waals surface area contributed by atoms with Crippen molar-refractivity contribution in [2.75, 3.05) is 43.1 Å². The number of esters is 1. The molecule has 1 fully saturated rings. The molecule has 0 bridgehead atoms. The summed E-state index contributed by atoms with van der Waals surface area (Å²) in [5.74, 6) is 0.503. The van der Waals surface area contributed by atoms with Gasteiger partial charge in [-0.15, -0.1) is 0 Å². The highest BCUT2D eigenvalue weighted by Crippen LogP contribution is 2.42. The van der Waals surface area contributed by atoms with E-state index in [1.165, 1.54) is 23.9 Å². The standard InChI is InChI=1S/C34H35ClN4O6/c1-4-43-33(41)20-37(3)32(40)12-11-28-21(2)23-17-31(25(35)18-30(23)44-28)45-29-13-14-36-19-24(29)34(42)39-16-15-38(22-9-10-22)26-7-5-6-8-27(26)39/h5-8,13-14,17-19,22H,4,9-12,15-16,20H2,1-3H3. The number of carbonyl (C=O) groups excluding carboxylic acids is 3. The first kappa shape index (κ1) is 30.5. The molecule has 3 heterocycles. The van der Waals surface area contributed by atoms with Crippen LogP contribution in [0.15, 0.2) is 59.3 Å². The van der Waals surface area contributed by atoms with Crippen LogP contribution in [0.1, 0.15) is 47.9 Å². The molecule has 0 atom stereocenters. The monoisotopic (exact) mass is 630 g/mol. The first-order valence-corrected chi connectivity index (χ1v) is 15.5. The number of benzene rings is 2. The van der Waals surface area contributed by atoms with E-state index in [1.54, 1.807) is 43.3 Å². The number of aromatic nitrogens is 1. The summed E-state index contributed by atoms with van der Waals surface area (Å²) in [5.41, 5.74) is 3.69. The van der Waals surface area contributed by atoms with Gasteiger partial charge in [0.15, 0.2) is 0 Å². The summed E-state index contributed by atoms with van der Waals surface area (Å²) in [6.45, 7) is 5.11. The predicted molar refractivity (Wildman–Crippen MR) is 171 cm³/mol. The van der Waals surface area contributed by atoms with E-state index >= 15 is 0 Å². The number of hydrogen-bond acceptors (Lipinski definition) is 8. The quantitative estimate of drug-likeness (QED) is 0.192. The van der Waals surface area contributed by atoms with Crippen molar-refractivity contribution < 1.29 is 28.3 Å². The number of hydrogen-bond donors (Lipinski definition) is 0. The lowest BCUT2D eigenvalue weighted by Gasteiger charge is -2.38. The Hall–Kier alpha value is -4.57. The van der Waals surface area contributed by atoms with Crippen LogP contribution < -0.4 is 14.5 Å². The van der Waals surface area contributed by atoms with Crippen LogP contribution in [0.2, 0.25) is 5.02 Å². The van der Waals surface area contributed by atoms with Gasteiger partial charge in [-0.2, -0.15) is 0 Å². The number of pyridine rings is 1. The summed E-state index contributed by atoms with van der Waals surface area (Å²) in [6.07, 6.45) is 5.97. The number of rotatable bonds is 10. The molecule has 10 nitrogen and oxygen atoms in total. The number of ether oxygens (including phenoxy) is 2. The van der Waals surface area contributed by atoms with E-state index in [9.17, 15) is 14.4 Å². The number of anilines is 2. The number of aryl methyl sites for hydroxylation is 2. The van der Waals surface area contributed by atoms with Crippen LogP contribution in [0.3, 0.4) is 0 Å². The van der Waals surface area contributed by atoms with Crippen LogP contribution in [0.5, 0.6) is 11.5 Å². The maximum atomic E-state index is 14.0. The third-order valence-corrected chi connectivity index (χ3v) is 8.56. The van der Waals surface area contributed by atoms with Gasteiger partial charge in [0.05, 0.1) is 23.0 Å². The third kappa shape index (κ3) is 6.33. The number of amides is 2. The van der Waals surface area contributed by atoms with Gasteiger partial charge in [0.1, 0.15) is 35.0 Å². The molecule has 6 rings (SSSR count). The topological polar surface area (TPSA) is 105 Å². The Labute approximate surface area is 266 Å². The highest BCUT2D eigenvalue weighted by atomic mass is 35.5. The third-order valence-electron chi connectivity index (χ3n) is 8.26. The number of carbonyl (C=O) groups is 3. The number of likely N-dealkylation sites (N-methyl/N-ethyl adjacent to an activating group) is 1. The molecule has 2 aliphatic rings. The molecule has 2 aromatic heterocycles. The summed E-state index contributed by atoms with van der Waals surface area (Å²) in [6, 6.07) is 13.7. The van der Waals surface area contributed by atoms with Crippen molar-refractivity contribution in [3.8, 4) is 11.5 Å². The second kappa shape index (κ2) is 12.8. The molecule has 2 amide bonds. The second-order valence-electron chi connectivity index (χ2n) is 11.3. The molecule has 0 spiro atoms. The highest BCUT2D eigenvalue weighted by Gasteiger charge is 2.36. The summed E-state index contributed by atoms with van der Waals surface area (Å²) in [5, 5.41) is 1.09. The molecular weight excluding hydrogens is 596 g/mol. The zero-order chi connectivity index (χ0) is 31.7. The Morgan fingerprint density at radius 1 is 1.09 bits per heavy atom. The lowest BCUT2D eigenvalue weighted by molar-refractivity contribution is -0.148. The van der Waals surface area contributed by atoms with Gasteiger partial charge in [-0.1, -0.05) is 23.7 Å². The van der Waals surface area contributed by atoms with E-state index in [-0.39, 0.29) is 31.4 Å². The Kier molecular flexibility index (Phi) is 8.67. The highest BCUT2D eigenvalue weighted by molar-refractivity contribution is 6.32. The molecule has 0 saturated heterocycles. The van der Waals surface area contributed by atoms with E-state index in [4.69, 9.17) is 25.5 Å². The molecule has 234 valence electrons. The minimum atomic E-state index is -0.449. The zero-order valence-electron chi connectivity index (χ0n) is 25.5. The summed E-state index contributed by atoms with van der Waals surface area (Å²) in [7, 11) is 1.57. The Bertz CT molecular complexity index is 1770. The molecular formula is C34H35ClN4O6. The van der Waals surface area contributed by atoms with Crippen molar-refractivity contribution in [2.45, 2.75) is 45.6 Å². The molecule has 2 aromatic carbocycles. The number of fused-ring (bicyclic) bond motifs is 2. The summed E-state index contributed by atoms with van der Waals surface area (Å²) in [4.78, 5) is 48.1. The van der Waals surface area contributed by atoms with Gasteiger partial charge in [0.25, 0.3) is 5.91 Å². The molecule has 1 aliphatic heterocycles. The molecule has 0 radical (unpaired) electrons. The van der Waals surface area contributed by atoms with Crippen molar-refractivity contribution >= 4 is 51.7 Å². The van der Waals surface area contributed by atoms with Crippen LogP contribution in [0, 0.1) is 6.92 Å². The van der Waals surface area contributed by atoms with Gasteiger partial charge in [-0.25, -0.2) is 0 Å². The smallest absolute Gasteiger partial charge is 0.325 e. The molecule has 11 heteroatoms. The Morgan fingerprint density at radius 3 is 2.62 bits per heavy atom. The van der Waals surface area contributed by atoms with Crippen LogP contribution in [0.4, 0.5) is 11.4 Å². The normalized spacial score (nSPS) is 14.3. The largest absolute Gasteiger partial charge is 0.465 e. The number of nitrogens with zero attached hydrogens (tertiary/aromatic N) is 4. The molecule has 45 heavy (non-hydrogen) atoms. The summed E-state index contributed by atoms with van der Waals surface area (Å²) >= 11 is 6.65. The Morgan fingerprint density at radius 2 is 1.87 bits per heavy atom. The molecule has 4 aromatic rings. The fourth-order valence-electron chi connectivity index (χ4n) is 5.74. The maximum Gasteiger partial charge on any atom is 0.325 e. The van der Waals surface area contributed by atoms with E-state index in [0.29, 0.717) is 52.4 Å². The zero-order valence-corrected chi connectivity index (χ0v) is 26.3. The second-order valence-corrected chi connectivity index (χ2v) is 11.7. The minimum Gasteiger partial charge on any atom is -0.465 e. The van der Waals surface area contributed by atoms with Gasteiger partial charge < -0.3 is 28.6 Å². The first-order valence-electron chi connectivity index (χ1n) is 15.2. The lowest BCUT2D eigenvalue weighted by atomic mass is 10.1. The minimum absolute atomic E-state index is 0.106. The van der Waals surface area contributed by atoms with Gasteiger partial charge in [-0.3, -0.25) is 19.4 Å². The van der Waals surface area contributed by atoms with Crippen LogP contribution in [-0.2, 0) is 20.7 Å². The van der Waals surface area contributed by atoms with Crippen LogP contribution >= 0.6 is 11.6 Å². The van der Waals surface area contributed by atoms with Crippen molar-refractivity contribution in [2.24, 2.45) is 0 Å². The molecule has 0 N–H and O–H groups in total. The van der Waals surface area contributed by atoms with Gasteiger partial charge >= 0.3 is 5.97 Å². The maximum absolute atomic E-state index is 14.0. The van der Waals surface area contributed by atoms with E-state index in [1.807, 2.05) is 25.1 Å². The van der Waals surface area contributed by atoms with Gasteiger partial charge in [-0.05, 0) is 56.5 Å². The summed E-state index contributed by atoms with van der Waals surface area (Å²) < 4.78 is 17.3. The van der Waals surface area contributed by atoms with Crippen LogP contribution in [-0.4, -0.2) is 67.0 Å². The fourth-order valence-corrected chi connectivity index (χ4v) is 5.94. The van der Waals surface area contributed by atoms with Crippen molar-refractivity contribution in [3.63, 3.8) is 0 Å². The first-order chi connectivity index (χ1) is 21.7. The number of furan rings is 1. The van der Waals surface area contributed by atoms with E-state index in [0.717, 1.165) is 28.9 Å². The van der Waals surface area contributed by atoms with Crippen molar-refractivity contribution in [1.82, 2.24) is 9.88 Å². The average Bonchev–Trinajstić information content (AvgIpc) is 3.84. The van der Waals surface area contributed by atoms with Crippen molar-refractivity contribution in [1.29, 1.82) is 0 Å². The predicted octanol–water partition coefficient (Wildman–Crippen LogP) is 6.17. The SMILES string of the molecule is CCOC(=O)CN(C)C(=O)CCc1oc2cc(Cl)c(Oc3ccncc3C(=O)N3CCN(C4CC4)c4ccccc43)cc2c1C. The molecule has 0 unspecified atom stereocenters. The Balaban J connectivity index is 1.21.